The molecule has 1 rings (SSSR count). The fraction of sp³-hybridized carbons (Fsp3) is 0.222. The summed E-state index contributed by atoms with van der Waals surface area (Å²) in [6.45, 7) is -0.259. The molecule has 0 spiro atoms. The van der Waals surface area contributed by atoms with Crippen molar-refractivity contribution in [2.75, 3.05) is 7.11 Å². The van der Waals surface area contributed by atoms with E-state index < -0.39 is 0 Å². The number of hydrogen-bond acceptors (Lipinski definition) is 4. The fourth-order valence-corrected chi connectivity index (χ4v) is 1.04. The van der Waals surface area contributed by atoms with Crippen LogP contribution in [0, 0.1) is 0 Å². The third-order valence-corrected chi connectivity index (χ3v) is 1.74. The molecule has 0 saturated heterocycles. The van der Waals surface area contributed by atoms with Crippen LogP contribution in [0.1, 0.15) is 15.9 Å². The van der Waals surface area contributed by atoms with Crippen molar-refractivity contribution in [1.82, 2.24) is 0 Å². The molecule has 0 amide bonds. The molecule has 0 aliphatic rings. The van der Waals surface area contributed by atoms with Crippen LogP contribution in [-0.4, -0.2) is 23.6 Å². The number of aliphatic hydroxyl groups excluding tert-OH is 1. The first kappa shape index (κ1) is 9.54. The molecule has 0 atom stereocenters. The van der Waals surface area contributed by atoms with E-state index in [0.717, 1.165) is 0 Å². The molecule has 0 aliphatic heterocycles. The standard InChI is InChI=1S/C9H10O4/c1-13-9-3-7(5-11)6(4-10)2-8(9)12/h2-4,11-12H,5H2,1H3. The number of carbonyl (C=O) groups excluding carboxylic acids is 1. The smallest absolute Gasteiger partial charge is 0.160 e. The maximum absolute atomic E-state index is 10.5. The summed E-state index contributed by atoms with van der Waals surface area (Å²) in [5.74, 6) is 0.136. The number of rotatable bonds is 3. The average molecular weight is 182 g/mol. The van der Waals surface area contributed by atoms with Crippen LogP contribution in [0.3, 0.4) is 0 Å². The van der Waals surface area contributed by atoms with Crippen LogP contribution in [0.5, 0.6) is 11.5 Å². The predicted octanol–water partition coefficient (Wildman–Crippen LogP) is 0.706. The zero-order valence-electron chi connectivity index (χ0n) is 7.15. The van der Waals surface area contributed by atoms with Crippen molar-refractivity contribution in [2.45, 2.75) is 6.61 Å². The van der Waals surface area contributed by atoms with E-state index in [1.54, 1.807) is 0 Å². The van der Waals surface area contributed by atoms with E-state index in [1.807, 2.05) is 0 Å². The van der Waals surface area contributed by atoms with Gasteiger partial charge in [-0.25, -0.2) is 0 Å². The van der Waals surface area contributed by atoms with Crippen LogP contribution in [0.25, 0.3) is 0 Å². The first-order chi connectivity index (χ1) is 6.22. The Hall–Kier alpha value is -1.55. The summed E-state index contributed by atoms with van der Waals surface area (Å²) in [4.78, 5) is 10.5. The number of phenolic OH excluding ortho intramolecular Hbond substituents is 1. The Balaban J connectivity index is 3.26. The molecule has 70 valence electrons. The minimum Gasteiger partial charge on any atom is -0.504 e. The van der Waals surface area contributed by atoms with Crippen LogP contribution < -0.4 is 4.74 Å². The Kier molecular flexibility index (Phi) is 2.87. The molecule has 1 aromatic rings. The van der Waals surface area contributed by atoms with Gasteiger partial charge >= 0.3 is 0 Å². The van der Waals surface area contributed by atoms with Crippen molar-refractivity contribution in [3.05, 3.63) is 23.3 Å². The number of ether oxygens (including phenoxy) is 1. The molecule has 0 aromatic heterocycles. The van der Waals surface area contributed by atoms with Crippen LogP contribution in [0.4, 0.5) is 0 Å². The van der Waals surface area contributed by atoms with Crippen LogP contribution in [0.15, 0.2) is 12.1 Å². The number of carbonyl (C=O) groups is 1. The Bertz CT molecular complexity index is 320. The molecule has 0 bridgehead atoms. The number of aldehydes is 1. The van der Waals surface area contributed by atoms with Gasteiger partial charge in [-0.1, -0.05) is 0 Å². The van der Waals surface area contributed by atoms with Crippen molar-refractivity contribution in [1.29, 1.82) is 0 Å². The number of aliphatic hydroxyl groups is 1. The third-order valence-electron chi connectivity index (χ3n) is 1.74. The molecule has 0 aliphatic carbocycles. The second-order valence-electron chi connectivity index (χ2n) is 2.50. The van der Waals surface area contributed by atoms with Gasteiger partial charge in [-0.15, -0.1) is 0 Å². The largest absolute Gasteiger partial charge is 0.504 e. The highest BCUT2D eigenvalue weighted by Gasteiger charge is 2.07. The summed E-state index contributed by atoms with van der Waals surface area (Å²) in [5.41, 5.74) is 0.699. The van der Waals surface area contributed by atoms with Gasteiger partial charge in [0.25, 0.3) is 0 Å². The summed E-state index contributed by atoms with van der Waals surface area (Å²) >= 11 is 0. The summed E-state index contributed by atoms with van der Waals surface area (Å²) in [5, 5.41) is 18.1. The first-order valence-corrected chi connectivity index (χ1v) is 3.68. The summed E-state index contributed by atoms with van der Waals surface area (Å²) in [6.07, 6.45) is 0.574. The Labute approximate surface area is 75.4 Å². The van der Waals surface area contributed by atoms with Crippen molar-refractivity contribution in [3.63, 3.8) is 0 Å². The summed E-state index contributed by atoms with van der Waals surface area (Å²) in [6, 6.07) is 2.69. The molecule has 0 radical (unpaired) electrons. The maximum Gasteiger partial charge on any atom is 0.160 e. The van der Waals surface area contributed by atoms with Crippen molar-refractivity contribution in [3.8, 4) is 11.5 Å². The van der Waals surface area contributed by atoms with Crippen LogP contribution in [-0.2, 0) is 6.61 Å². The van der Waals surface area contributed by atoms with E-state index in [-0.39, 0.29) is 23.7 Å². The van der Waals surface area contributed by atoms with Crippen molar-refractivity contribution >= 4 is 6.29 Å². The number of aromatic hydroxyl groups is 1. The number of methoxy groups -OCH3 is 1. The van der Waals surface area contributed by atoms with Crippen LogP contribution in [0.2, 0.25) is 0 Å². The average Bonchev–Trinajstić information content (AvgIpc) is 2.17. The zero-order chi connectivity index (χ0) is 9.84. The lowest BCUT2D eigenvalue weighted by molar-refractivity contribution is 0.112. The van der Waals surface area contributed by atoms with Gasteiger partial charge in [0.2, 0.25) is 0 Å². The highest BCUT2D eigenvalue weighted by atomic mass is 16.5. The normalized spacial score (nSPS) is 9.69. The minimum absolute atomic E-state index is 0.109. The van der Waals surface area contributed by atoms with E-state index in [9.17, 15) is 9.90 Å². The highest BCUT2D eigenvalue weighted by Crippen LogP contribution is 2.28. The molecule has 0 fully saturated rings. The first-order valence-electron chi connectivity index (χ1n) is 3.68. The Morgan fingerprint density at radius 2 is 2.23 bits per heavy atom. The molecule has 13 heavy (non-hydrogen) atoms. The molecule has 4 nitrogen and oxygen atoms in total. The molecule has 2 N–H and O–H groups in total. The van der Waals surface area contributed by atoms with Crippen molar-refractivity contribution < 1.29 is 19.7 Å². The molecule has 0 saturated carbocycles. The summed E-state index contributed by atoms with van der Waals surface area (Å²) in [7, 11) is 1.40. The molecular formula is C9H10O4. The lowest BCUT2D eigenvalue weighted by atomic mass is 10.1. The predicted molar refractivity (Wildman–Crippen MR) is 46.0 cm³/mol. The maximum atomic E-state index is 10.5. The number of phenols is 1. The second-order valence-corrected chi connectivity index (χ2v) is 2.50. The quantitative estimate of drug-likeness (QED) is 0.675. The van der Waals surface area contributed by atoms with E-state index in [1.165, 1.54) is 19.2 Å². The zero-order valence-corrected chi connectivity index (χ0v) is 7.15. The van der Waals surface area contributed by atoms with Gasteiger partial charge in [-0.05, 0) is 17.7 Å². The van der Waals surface area contributed by atoms with Crippen molar-refractivity contribution in [2.24, 2.45) is 0 Å². The van der Waals surface area contributed by atoms with Gasteiger partial charge in [0.15, 0.2) is 17.8 Å². The topological polar surface area (TPSA) is 66.8 Å². The highest BCUT2D eigenvalue weighted by molar-refractivity contribution is 5.79. The minimum atomic E-state index is -0.259. The monoisotopic (exact) mass is 182 g/mol. The van der Waals surface area contributed by atoms with Gasteiger partial charge < -0.3 is 14.9 Å². The molecule has 0 unspecified atom stereocenters. The van der Waals surface area contributed by atoms with E-state index in [2.05, 4.69) is 0 Å². The third kappa shape index (κ3) is 1.78. The Morgan fingerprint density at radius 3 is 2.69 bits per heavy atom. The fourth-order valence-electron chi connectivity index (χ4n) is 1.04. The second kappa shape index (κ2) is 3.91. The molecule has 0 heterocycles. The van der Waals surface area contributed by atoms with E-state index in [4.69, 9.17) is 9.84 Å². The van der Waals surface area contributed by atoms with Gasteiger partial charge in [-0.3, -0.25) is 4.79 Å². The van der Waals surface area contributed by atoms with Gasteiger partial charge in [0.1, 0.15) is 0 Å². The van der Waals surface area contributed by atoms with Crippen LogP contribution >= 0.6 is 0 Å². The van der Waals surface area contributed by atoms with Gasteiger partial charge in [0.05, 0.1) is 13.7 Å². The lowest BCUT2D eigenvalue weighted by Gasteiger charge is -2.07. The number of hydrogen-bond donors (Lipinski definition) is 2. The molecular weight excluding hydrogens is 172 g/mol. The molecule has 4 heteroatoms. The van der Waals surface area contributed by atoms with Gasteiger partial charge in [-0.2, -0.15) is 0 Å². The SMILES string of the molecule is COc1cc(CO)c(C=O)cc1O. The van der Waals surface area contributed by atoms with Gasteiger partial charge in [0, 0.05) is 5.56 Å². The number of benzene rings is 1. The van der Waals surface area contributed by atoms with E-state index >= 15 is 0 Å². The lowest BCUT2D eigenvalue weighted by Crippen LogP contribution is -1.94. The van der Waals surface area contributed by atoms with E-state index in [0.29, 0.717) is 11.8 Å². The molecule has 1 aromatic carbocycles. The Morgan fingerprint density at radius 1 is 1.54 bits per heavy atom. The summed E-state index contributed by atoms with van der Waals surface area (Å²) < 4.78 is 4.81.